The van der Waals surface area contributed by atoms with E-state index < -0.39 is 0 Å². The monoisotopic (exact) mass is 191 g/mol. The Morgan fingerprint density at radius 2 is 1.57 bits per heavy atom. The van der Waals surface area contributed by atoms with Crippen molar-refractivity contribution in [2.24, 2.45) is 5.11 Å². The molecule has 0 atom stereocenters. The van der Waals surface area contributed by atoms with Crippen molar-refractivity contribution in [3.8, 4) is 0 Å². The van der Waals surface area contributed by atoms with E-state index in [1.54, 1.807) is 0 Å². The van der Waals surface area contributed by atoms with Crippen LogP contribution in [0.4, 0.5) is 5.69 Å². The van der Waals surface area contributed by atoms with Gasteiger partial charge in [-0.25, -0.2) is 0 Å². The van der Waals surface area contributed by atoms with E-state index in [-0.39, 0.29) is 0 Å². The first-order valence-electron chi connectivity index (χ1n) is 5.38. The predicted molar refractivity (Wildman–Crippen MR) is 59.1 cm³/mol. The molecule has 0 aliphatic carbocycles. The third kappa shape index (κ3) is 3.69. The van der Waals surface area contributed by atoms with Crippen LogP contribution in [-0.2, 0) is 0 Å². The Kier molecular flexibility index (Phi) is 4.90. The number of rotatable bonds is 5. The molecular weight excluding hydrogens is 172 g/mol. The molecule has 76 valence electrons. The van der Waals surface area contributed by atoms with Crippen molar-refractivity contribution in [2.45, 2.75) is 26.7 Å². The van der Waals surface area contributed by atoms with Crippen LogP contribution in [0.3, 0.4) is 0 Å². The normalized spacial score (nSPS) is 9.86. The Morgan fingerprint density at radius 3 is 2.07 bits per heavy atom. The molecule has 2 nitrogen and oxygen atoms in total. The Morgan fingerprint density at radius 1 is 1.00 bits per heavy atom. The standard InChI is InChI=1S/C12H19N2/c1-3-10-14(11-4-2)13-12-8-6-5-7-9-12/h5-9H,3-4,10-11H2,1-2H3/q+1. The van der Waals surface area contributed by atoms with Gasteiger partial charge in [0.1, 0.15) is 5.69 Å². The Labute approximate surface area is 86.3 Å². The quantitative estimate of drug-likeness (QED) is 0.499. The number of azo groups is 2. The van der Waals surface area contributed by atoms with Crippen LogP contribution in [0, 0.1) is 0 Å². The number of hydrogen-bond acceptors (Lipinski definition) is 1. The van der Waals surface area contributed by atoms with E-state index >= 15 is 0 Å². The minimum Gasteiger partial charge on any atom is -0.122 e. The van der Waals surface area contributed by atoms with Gasteiger partial charge in [-0.05, 0) is 17.2 Å². The van der Waals surface area contributed by atoms with Gasteiger partial charge in [-0.1, -0.05) is 32.0 Å². The van der Waals surface area contributed by atoms with Crippen LogP contribution in [0.2, 0.25) is 0 Å². The Bertz CT molecular complexity index is 270. The molecule has 14 heavy (non-hydrogen) atoms. The minimum atomic E-state index is 1.04. The zero-order valence-corrected chi connectivity index (χ0v) is 9.11. The smallest absolute Gasteiger partial charge is 0.122 e. The van der Waals surface area contributed by atoms with E-state index in [1.807, 2.05) is 30.3 Å². The Hall–Kier alpha value is -1.18. The second kappa shape index (κ2) is 6.30. The lowest BCUT2D eigenvalue weighted by atomic mass is 10.3. The molecule has 1 aromatic rings. The SMILES string of the molecule is CCC[N+](CCC)=Nc1ccccc1. The first-order valence-corrected chi connectivity index (χ1v) is 5.38. The lowest BCUT2D eigenvalue weighted by molar-refractivity contribution is -0.589. The van der Waals surface area contributed by atoms with Crippen LogP contribution in [0.5, 0.6) is 0 Å². The van der Waals surface area contributed by atoms with Gasteiger partial charge in [0.05, 0.1) is 0 Å². The fourth-order valence-corrected chi connectivity index (χ4v) is 1.39. The maximum absolute atomic E-state index is 4.57. The van der Waals surface area contributed by atoms with Gasteiger partial charge < -0.3 is 0 Å². The average molecular weight is 191 g/mol. The van der Waals surface area contributed by atoms with Crippen LogP contribution in [-0.4, -0.2) is 17.8 Å². The van der Waals surface area contributed by atoms with Crippen molar-refractivity contribution in [1.29, 1.82) is 0 Å². The summed E-state index contributed by atoms with van der Waals surface area (Å²) in [7, 11) is 0. The predicted octanol–water partition coefficient (Wildman–Crippen LogP) is 3.60. The zero-order chi connectivity index (χ0) is 10.2. The second-order valence-electron chi connectivity index (χ2n) is 3.39. The molecule has 0 spiro atoms. The number of hydrogen-bond donors (Lipinski definition) is 0. The molecule has 0 saturated heterocycles. The molecule has 0 heterocycles. The fraction of sp³-hybridized carbons (Fsp3) is 0.500. The van der Waals surface area contributed by atoms with Crippen molar-refractivity contribution in [2.75, 3.05) is 13.1 Å². The largest absolute Gasteiger partial charge is 0.168 e. The van der Waals surface area contributed by atoms with Crippen molar-refractivity contribution >= 4 is 5.69 Å². The number of benzene rings is 1. The molecule has 0 fully saturated rings. The van der Waals surface area contributed by atoms with Gasteiger partial charge in [0, 0.05) is 12.8 Å². The second-order valence-corrected chi connectivity index (χ2v) is 3.39. The number of nitrogens with zero attached hydrogens (tertiary/aromatic N) is 2. The van der Waals surface area contributed by atoms with Gasteiger partial charge in [-0.15, -0.1) is 4.70 Å². The topological polar surface area (TPSA) is 15.4 Å². The molecule has 0 aliphatic heterocycles. The Balaban J connectivity index is 2.71. The summed E-state index contributed by atoms with van der Waals surface area (Å²) in [5.74, 6) is 0. The lowest BCUT2D eigenvalue weighted by Gasteiger charge is -1.97. The molecule has 0 aromatic heterocycles. The van der Waals surface area contributed by atoms with E-state index in [4.69, 9.17) is 0 Å². The summed E-state index contributed by atoms with van der Waals surface area (Å²) in [6, 6.07) is 10.1. The van der Waals surface area contributed by atoms with Crippen LogP contribution in [0.1, 0.15) is 26.7 Å². The molecule has 0 radical (unpaired) electrons. The molecule has 0 amide bonds. The highest BCUT2D eigenvalue weighted by Gasteiger charge is 2.03. The molecule has 1 rings (SSSR count). The molecule has 0 saturated carbocycles. The van der Waals surface area contributed by atoms with Crippen LogP contribution < -0.4 is 0 Å². The molecule has 2 heteroatoms. The van der Waals surface area contributed by atoms with Crippen molar-refractivity contribution in [3.05, 3.63) is 30.3 Å². The lowest BCUT2D eigenvalue weighted by Crippen LogP contribution is -2.11. The average Bonchev–Trinajstić information content (AvgIpc) is 2.20. The third-order valence-electron chi connectivity index (χ3n) is 1.98. The zero-order valence-electron chi connectivity index (χ0n) is 9.11. The molecule has 0 aliphatic rings. The van der Waals surface area contributed by atoms with Crippen molar-refractivity contribution < 1.29 is 4.70 Å². The highest BCUT2D eigenvalue weighted by Crippen LogP contribution is 2.10. The summed E-state index contributed by atoms with van der Waals surface area (Å²) in [6.07, 6.45) is 2.30. The molecule has 0 bridgehead atoms. The summed E-state index contributed by atoms with van der Waals surface area (Å²) >= 11 is 0. The maximum atomic E-state index is 4.57. The first-order chi connectivity index (χ1) is 6.86. The minimum absolute atomic E-state index is 1.04. The van der Waals surface area contributed by atoms with E-state index in [9.17, 15) is 0 Å². The summed E-state index contributed by atoms with van der Waals surface area (Å²) in [5, 5.41) is 4.57. The molecule has 0 unspecified atom stereocenters. The van der Waals surface area contributed by atoms with E-state index in [0.29, 0.717) is 0 Å². The highest BCUT2D eigenvalue weighted by molar-refractivity contribution is 5.34. The fourth-order valence-electron chi connectivity index (χ4n) is 1.39. The van der Waals surface area contributed by atoms with Crippen molar-refractivity contribution in [1.82, 2.24) is 0 Å². The molecular formula is C12H19N2+. The summed E-state index contributed by atoms with van der Waals surface area (Å²) in [6.45, 7) is 6.46. The molecule has 1 aromatic carbocycles. The first kappa shape index (κ1) is 10.9. The van der Waals surface area contributed by atoms with Crippen LogP contribution in [0.15, 0.2) is 35.4 Å². The van der Waals surface area contributed by atoms with Gasteiger partial charge in [0.25, 0.3) is 0 Å². The molecule has 0 N–H and O–H groups in total. The summed E-state index contributed by atoms with van der Waals surface area (Å²) in [4.78, 5) is 0. The maximum Gasteiger partial charge on any atom is 0.168 e. The van der Waals surface area contributed by atoms with Gasteiger partial charge in [0.15, 0.2) is 13.1 Å². The van der Waals surface area contributed by atoms with Crippen LogP contribution in [0.25, 0.3) is 0 Å². The van der Waals surface area contributed by atoms with Gasteiger partial charge >= 0.3 is 0 Å². The van der Waals surface area contributed by atoms with E-state index in [1.165, 1.54) is 0 Å². The highest BCUT2D eigenvalue weighted by atomic mass is 15.3. The van der Waals surface area contributed by atoms with E-state index in [2.05, 4.69) is 23.7 Å². The van der Waals surface area contributed by atoms with Crippen LogP contribution >= 0.6 is 0 Å². The van der Waals surface area contributed by atoms with Crippen molar-refractivity contribution in [3.63, 3.8) is 0 Å². The van der Waals surface area contributed by atoms with Gasteiger partial charge in [-0.2, -0.15) is 0 Å². The summed E-state index contributed by atoms with van der Waals surface area (Å²) < 4.78 is 2.15. The summed E-state index contributed by atoms with van der Waals surface area (Å²) in [5.41, 5.74) is 1.05. The van der Waals surface area contributed by atoms with Gasteiger partial charge in [-0.3, -0.25) is 0 Å². The third-order valence-corrected chi connectivity index (χ3v) is 1.98. The van der Waals surface area contributed by atoms with E-state index in [0.717, 1.165) is 31.6 Å². The van der Waals surface area contributed by atoms with Gasteiger partial charge in [0.2, 0.25) is 0 Å².